The number of aromatic nitrogens is 1. The fraction of sp³-hybridized carbons (Fsp3) is 0.143. The number of rotatable bonds is 0. The molecule has 0 bridgehead atoms. The highest BCUT2D eigenvalue weighted by Crippen LogP contribution is 2.24. The number of azo groups is 1. The molecular weight excluding hydrogens is 142 g/mol. The summed E-state index contributed by atoms with van der Waals surface area (Å²) in [6.45, 7) is 1.83. The number of fused-ring (bicyclic) bond motifs is 1. The molecule has 0 radical (unpaired) electrons. The lowest BCUT2D eigenvalue weighted by molar-refractivity contribution is 0.0998. The van der Waals surface area contributed by atoms with Gasteiger partial charge in [-0.1, -0.05) is 0 Å². The van der Waals surface area contributed by atoms with Crippen molar-refractivity contribution < 1.29 is 4.79 Å². The van der Waals surface area contributed by atoms with Gasteiger partial charge < -0.3 is 0 Å². The molecule has 0 aromatic carbocycles. The van der Waals surface area contributed by atoms with Gasteiger partial charge in [0.2, 0.25) is 0 Å². The van der Waals surface area contributed by atoms with Gasteiger partial charge in [0.1, 0.15) is 5.69 Å². The molecule has 2 rings (SSSR count). The van der Waals surface area contributed by atoms with E-state index in [0.717, 1.165) is 5.69 Å². The van der Waals surface area contributed by atoms with Gasteiger partial charge in [0.05, 0.1) is 0 Å². The van der Waals surface area contributed by atoms with E-state index < -0.39 is 0 Å². The minimum Gasteiger partial charge on any atom is -0.263 e. The second kappa shape index (κ2) is 1.95. The maximum absolute atomic E-state index is 10.9. The van der Waals surface area contributed by atoms with Crippen LogP contribution in [0.5, 0.6) is 0 Å². The lowest BCUT2D eigenvalue weighted by Gasteiger charge is -1.92. The highest BCUT2D eigenvalue weighted by atomic mass is 16.2. The van der Waals surface area contributed by atoms with Crippen molar-refractivity contribution in [2.24, 2.45) is 10.2 Å². The summed E-state index contributed by atoms with van der Waals surface area (Å²) in [7, 11) is 0. The summed E-state index contributed by atoms with van der Waals surface area (Å²) in [6.07, 6.45) is 0. The van der Waals surface area contributed by atoms with E-state index >= 15 is 0 Å². The molecule has 4 heteroatoms. The molecule has 1 aromatic heterocycles. The molecule has 4 nitrogen and oxygen atoms in total. The molecule has 0 spiro atoms. The summed E-state index contributed by atoms with van der Waals surface area (Å²) in [5, 5.41) is 7.00. The average molecular weight is 147 g/mol. The first-order valence-corrected chi connectivity index (χ1v) is 3.21. The van der Waals surface area contributed by atoms with Gasteiger partial charge in [0, 0.05) is 5.69 Å². The summed E-state index contributed by atoms with van der Waals surface area (Å²) in [5.41, 5.74) is 1.75. The Morgan fingerprint density at radius 2 is 2.09 bits per heavy atom. The van der Waals surface area contributed by atoms with Gasteiger partial charge in [-0.15, -0.1) is 10.2 Å². The normalized spacial score (nSPS) is 13.7. The Bertz CT molecular complexity index is 357. The van der Waals surface area contributed by atoms with E-state index in [1.807, 2.05) is 6.92 Å². The zero-order chi connectivity index (χ0) is 7.84. The van der Waals surface area contributed by atoms with Crippen molar-refractivity contribution in [2.75, 3.05) is 0 Å². The Balaban J connectivity index is 2.67. The molecule has 1 amide bonds. The third-order valence-electron chi connectivity index (χ3n) is 1.46. The quantitative estimate of drug-likeness (QED) is 0.560. The first-order chi connectivity index (χ1) is 5.27. The number of amides is 1. The second-order valence-corrected chi connectivity index (χ2v) is 2.33. The van der Waals surface area contributed by atoms with E-state index in [1.165, 1.54) is 0 Å². The third-order valence-corrected chi connectivity index (χ3v) is 1.46. The van der Waals surface area contributed by atoms with E-state index in [1.54, 1.807) is 12.1 Å². The van der Waals surface area contributed by atoms with Crippen LogP contribution in [0.25, 0.3) is 0 Å². The number of pyridine rings is 1. The predicted octanol–water partition coefficient (Wildman–Crippen LogP) is 1.63. The predicted molar refractivity (Wildman–Crippen MR) is 37.8 cm³/mol. The smallest absolute Gasteiger partial charge is 0.263 e. The molecule has 0 saturated carbocycles. The Morgan fingerprint density at radius 3 is 2.91 bits per heavy atom. The summed E-state index contributed by atoms with van der Waals surface area (Å²) in [4.78, 5) is 14.9. The molecule has 0 aliphatic carbocycles. The van der Waals surface area contributed by atoms with E-state index in [-0.39, 0.29) is 5.91 Å². The topological polar surface area (TPSA) is 54.7 Å². The molecule has 1 aliphatic rings. The number of hydrogen-bond acceptors (Lipinski definition) is 3. The van der Waals surface area contributed by atoms with Crippen molar-refractivity contribution in [1.82, 2.24) is 4.98 Å². The monoisotopic (exact) mass is 147 g/mol. The Kier molecular flexibility index (Phi) is 1.09. The molecule has 0 N–H and O–H groups in total. The van der Waals surface area contributed by atoms with Crippen LogP contribution in [-0.2, 0) is 0 Å². The molecular formula is C7H5N3O. The molecule has 11 heavy (non-hydrogen) atoms. The van der Waals surface area contributed by atoms with Gasteiger partial charge >= 0.3 is 5.91 Å². The number of hydrogen-bond donors (Lipinski definition) is 0. The van der Waals surface area contributed by atoms with Crippen molar-refractivity contribution in [3.05, 3.63) is 23.5 Å². The molecule has 0 atom stereocenters. The maximum atomic E-state index is 10.9. The molecule has 1 aliphatic heterocycles. The molecule has 0 fully saturated rings. The summed E-state index contributed by atoms with van der Waals surface area (Å²) < 4.78 is 0. The van der Waals surface area contributed by atoms with Crippen LogP contribution in [0.1, 0.15) is 16.2 Å². The summed E-state index contributed by atoms with van der Waals surface area (Å²) >= 11 is 0. The fourth-order valence-corrected chi connectivity index (χ4v) is 0.934. The standard InChI is InChI=1S/C7H5N3O/c1-4-2-3-5-6(8-4)7(11)10-9-5/h2-3H,1H3. The van der Waals surface area contributed by atoms with Gasteiger partial charge in [-0.05, 0) is 19.1 Å². The SMILES string of the molecule is Cc1ccc2c(n1)C(=O)N=N2. The van der Waals surface area contributed by atoms with E-state index in [9.17, 15) is 4.79 Å². The largest absolute Gasteiger partial charge is 0.316 e. The van der Waals surface area contributed by atoms with E-state index in [0.29, 0.717) is 11.4 Å². The molecule has 54 valence electrons. The second-order valence-electron chi connectivity index (χ2n) is 2.33. The maximum Gasteiger partial charge on any atom is 0.316 e. The first kappa shape index (κ1) is 6.15. The van der Waals surface area contributed by atoms with Crippen molar-refractivity contribution in [3.63, 3.8) is 0 Å². The molecule has 0 unspecified atom stereocenters. The minimum atomic E-state index is -0.344. The van der Waals surface area contributed by atoms with Crippen molar-refractivity contribution in [1.29, 1.82) is 0 Å². The Hall–Kier alpha value is -1.58. The van der Waals surface area contributed by atoms with Crippen LogP contribution >= 0.6 is 0 Å². The number of nitrogens with zero attached hydrogens (tertiary/aromatic N) is 3. The van der Waals surface area contributed by atoms with Crippen LogP contribution in [0, 0.1) is 6.92 Å². The average Bonchev–Trinajstić information content (AvgIpc) is 2.33. The molecule has 0 saturated heterocycles. The zero-order valence-electron chi connectivity index (χ0n) is 5.90. The zero-order valence-corrected chi connectivity index (χ0v) is 5.90. The minimum absolute atomic E-state index is 0.344. The van der Waals surface area contributed by atoms with Crippen LogP contribution in [0.3, 0.4) is 0 Å². The first-order valence-electron chi connectivity index (χ1n) is 3.21. The summed E-state index contributed by atoms with van der Waals surface area (Å²) in [6, 6.07) is 3.54. The third kappa shape index (κ3) is 0.832. The summed E-state index contributed by atoms with van der Waals surface area (Å²) in [5.74, 6) is -0.344. The number of aryl methyl sites for hydroxylation is 1. The van der Waals surface area contributed by atoms with Crippen LogP contribution in [0.15, 0.2) is 22.4 Å². The lowest BCUT2D eigenvalue weighted by atomic mass is 10.3. The van der Waals surface area contributed by atoms with E-state index in [4.69, 9.17) is 0 Å². The van der Waals surface area contributed by atoms with Crippen LogP contribution < -0.4 is 0 Å². The molecule has 1 aromatic rings. The van der Waals surface area contributed by atoms with Gasteiger partial charge in [-0.2, -0.15) is 0 Å². The van der Waals surface area contributed by atoms with Crippen LogP contribution in [0.4, 0.5) is 5.69 Å². The van der Waals surface area contributed by atoms with Crippen molar-refractivity contribution in [3.8, 4) is 0 Å². The fourth-order valence-electron chi connectivity index (χ4n) is 0.934. The van der Waals surface area contributed by atoms with Gasteiger partial charge in [0.25, 0.3) is 0 Å². The lowest BCUT2D eigenvalue weighted by Crippen LogP contribution is -1.94. The van der Waals surface area contributed by atoms with Crippen LogP contribution in [-0.4, -0.2) is 10.9 Å². The highest BCUT2D eigenvalue weighted by molar-refractivity contribution is 5.99. The number of carbonyl (C=O) groups excluding carboxylic acids is 1. The van der Waals surface area contributed by atoms with Gasteiger partial charge in [-0.3, -0.25) is 4.79 Å². The number of carbonyl (C=O) groups is 1. The Labute approximate surface area is 63.0 Å². The highest BCUT2D eigenvalue weighted by Gasteiger charge is 2.18. The van der Waals surface area contributed by atoms with Crippen molar-refractivity contribution >= 4 is 11.6 Å². The van der Waals surface area contributed by atoms with E-state index in [2.05, 4.69) is 15.2 Å². The van der Waals surface area contributed by atoms with Gasteiger partial charge in [0.15, 0.2) is 5.69 Å². The van der Waals surface area contributed by atoms with Crippen molar-refractivity contribution in [2.45, 2.75) is 6.92 Å². The molecule has 2 heterocycles. The Morgan fingerprint density at radius 1 is 1.27 bits per heavy atom. The van der Waals surface area contributed by atoms with Crippen LogP contribution in [0.2, 0.25) is 0 Å². The van der Waals surface area contributed by atoms with Gasteiger partial charge in [-0.25, -0.2) is 4.98 Å².